The summed E-state index contributed by atoms with van der Waals surface area (Å²) in [5.41, 5.74) is 3.55. The normalized spacial score (nSPS) is 12.4. The zero-order valence-corrected chi connectivity index (χ0v) is 10.3. The number of hydrogen-bond donors (Lipinski definition) is 1. The van der Waals surface area contributed by atoms with Gasteiger partial charge in [-0.3, -0.25) is 4.79 Å². The molecule has 0 aliphatic heterocycles. The molecule has 0 heterocycles. The van der Waals surface area contributed by atoms with E-state index in [2.05, 4.69) is 18.2 Å². The number of benzene rings is 1. The quantitative estimate of drug-likeness (QED) is 0.826. The van der Waals surface area contributed by atoms with E-state index in [4.69, 9.17) is 5.11 Å². The fourth-order valence-electron chi connectivity index (χ4n) is 1.95. The maximum absolute atomic E-state index is 11.1. The van der Waals surface area contributed by atoms with Gasteiger partial charge in [-0.25, -0.2) is 0 Å². The molecule has 2 heteroatoms. The van der Waals surface area contributed by atoms with Gasteiger partial charge in [0.1, 0.15) is 0 Å². The van der Waals surface area contributed by atoms with E-state index < -0.39 is 5.97 Å². The molecule has 88 valence electrons. The van der Waals surface area contributed by atoms with E-state index in [1.807, 2.05) is 20.8 Å². The van der Waals surface area contributed by atoms with Gasteiger partial charge < -0.3 is 5.11 Å². The van der Waals surface area contributed by atoms with Crippen molar-refractivity contribution in [3.63, 3.8) is 0 Å². The fraction of sp³-hybridized carbons (Fsp3) is 0.500. The van der Waals surface area contributed by atoms with Gasteiger partial charge in [-0.05, 0) is 37.8 Å². The van der Waals surface area contributed by atoms with Crippen molar-refractivity contribution >= 4 is 5.97 Å². The van der Waals surface area contributed by atoms with Crippen LogP contribution in [0.15, 0.2) is 18.2 Å². The smallest absolute Gasteiger partial charge is 0.306 e. The maximum atomic E-state index is 11.1. The zero-order valence-electron chi connectivity index (χ0n) is 10.3. The molecule has 0 spiro atoms. The molecule has 0 aliphatic carbocycles. The van der Waals surface area contributed by atoms with Gasteiger partial charge in [-0.15, -0.1) is 0 Å². The molecule has 0 saturated heterocycles. The van der Waals surface area contributed by atoms with Crippen LogP contribution in [0.4, 0.5) is 0 Å². The average Bonchev–Trinajstić information content (AvgIpc) is 2.22. The molecule has 0 bridgehead atoms. The number of carboxylic acids is 1. The molecule has 0 saturated carbocycles. The number of hydrogen-bond acceptors (Lipinski definition) is 1. The van der Waals surface area contributed by atoms with Crippen molar-refractivity contribution in [3.05, 3.63) is 34.9 Å². The molecule has 0 amide bonds. The summed E-state index contributed by atoms with van der Waals surface area (Å²) in [4.78, 5) is 11.1. The third-order valence-corrected chi connectivity index (χ3v) is 2.96. The van der Waals surface area contributed by atoms with Gasteiger partial charge in [0.05, 0.1) is 5.92 Å². The largest absolute Gasteiger partial charge is 0.481 e. The average molecular weight is 220 g/mol. The van der Waals surface area contributed by atoms with Gasteiger partial charge in [0.15, 0.2) is 0 Å². The van der Waals surface area contributed by atoms with Crippen molar-refractivity contribution in [3.8, 4) is 0 Å². The van der Waals surface area contributed by atoms with Crippen molar-refractivity contribution in [2.45, 2.75) is 40.0 Å². The molecule has 1 atom stereocenters. The van der Waals surface area contributed by atoms with Crippen molar-refractivity contribution in [1.29, 1.82) is 0 Å². The summed E-state index contributed by atoms with van der Waals surface area (Å²) < 4.78 is 0. The van der Waals surface area contributed by atoms with Crippen molar-refractivity contribution in [2.24, 2.45) is 5.92 Å². The first-order chi connectivity index (χ1) is 7.54. The van der Waals surface area contributed by atoms with Crippen LogP contribution in [0.3, 0.4) is 0 Å². The van der Waals surface area contributed by atoms with Crippen LogP contribution in [-0.2, 0) is 11.2 Å². The van der Waals surface area contributed by atoms with E-state index in [1.165, 1.54) is 16.7 Å². The first-order valence-corrected chi connectivity index (χ1v) is 5.83. The summed E-state index contributed by atoms with van der Waals surface area (Å²) in [7, 11) is 0. The minimum atomic E-state index is -0.678. The Bertz CT molecular complexity index is 369. The minimum absolute atomic E-state index is 0.245. The first-order valence-electron chi connectivity index (χ1n) is 5.83. The SMILES string of the molecule is CCCC(Cc1cc(C)ccc1C)C(=O)O. The minimum Gasteiger partial charge on any atom is -0.481 e. The van der Waals surface area contributed by atoms with Gasteiger partial charge in [-0.1, -0.05) is 37.1 Å². The Labute approximate surface area is 97.3 Å². The van der Waals surface area contributed by atoms with Crippen molar-refractivity contribution < 1.29 is 9.90 Å². The number of rotatable bonds is 5. The van der Waals surface area contributed by atoms with Gasteiger partial charge in [0.25, 0.3) is 0 Å². The molecule has 1 N–H and O–H groups in total. The lowest BCUT2D eigenvalue weighted by molar-refractivity contribution is -0.141. The Balaban J connectivity index is 2.84. The lowest BCUT2D eigenvalue weighted by atomic mass is 9.92. The van der Waals surface area contributed by atoms with E-state index in [1.54, 1.807) is 0 Å². The molecule has 1 unspecified atom stereocenters. The predicted octanol–water partition coefficient (Wildman–Crippen LogP) is 3.35. The van der Waals surface area contributed by atoms with Gasteiger partial charge >= 0.3 is 5.97 Å². The summed E-state index contributed by atoms with van der Waals surface area (Å²) in [5.74, 6) is -0.923. The standard InChI is InChI=1S/C14H20O2/c1-4-5-12(14(15)16)9-13-8-10(2)6-7-11(13)3/h6-8,12H,4-5,9H2,1-3H3,(H,15,16). The van der Waals surface area contributed by atoms with Crippen LogP contribution >= 0.6 is 0 Å². The summed E-state index contributed by atoms with van der Waals surface area (Å²) in [5, 5.41) is 9.13. The van der Waals surface area contributed by atoms with E-state index in [-0.39, 0.29) is 5.92 Å². The lowest BCUT2D eigenvalue weighted by Gasteiger charge is -2.13. The third kappa shape index (κ3) is 3.37. The number of aryl methyl sites for hydroxylation is 2. The molecule has 0 radical (unpaired) electrons. The molecular formula is C14H20O2. The lowest BCUT2D eigenvalue weighted by Crippen LogP contribution is -2.16. The van der Waals surface area contributed by atoms with E-state index in [9.17, 15) is 4.79 Å². The highest BCUT2D eigenvalue weighted by molar-refractivity contribution is 5.70. The number of carbonyl (C=O) groups is 1. The molecule has 1 rings (SSSR count). The molecule has 16 heavy (non-hydrogen) atoms. The fourth-order valence-corrected chi connectivity index (χ4v) is 1.95. The van der Waals surface area contributed by atoms with Gasteiger partial charge in [-0.2, -0.15) is 0 Å². The second-order valence-electron chi connectivity index (χ2n) is 4.46. The summed E-state index contributed by atoms with van der Waals surface area (Å²) in [6.45, 7) is 6.11. The van der Waals surface area contributed by atoms with Crippen LogP contribution in [-0.4, -0.2) is 11.1 Å². The summed E-state index contributed by atoms with van der Waals surface area (Å²) >= 11 is 0. The van der Waals surface area contributed by atoms with E-state index in [0.717, 1.165) is 12.8 Å². The van der Waals surface area contributed by atoms with Crippen LogP contribution in [0, 0.1) is 19.8 Å². The summed E-state index contributed by atoms with van der Waals surface area (Å²) in [6, 6.07) is 6.23. The molecule has 0 aliphatic rings. The van der Waals surface area contributed by atoms with Crippen molar-refractivity contribution in [2.75, 3.05) is 0 Å². The second kappa shape index (κ2) is 5.69. The Morgan fingerprint density at radius 3 is 2.62 bits per heavy atom. The van der Waals surface area contributed by atoms with Crippen LogP contribution in [0.2, 0.25) is 0 Å². The molecule has 0 fully saturated rings. The van der Waals surface area contributed by atoms with Crippen LogP contribution in [0.25, 0.3) is 0 Å². The van der Waals surface area contributed by atoms with Crippen LogP contribution in [0.5, 0.6) is 0 Å². The van der Waals surface area contributed by atoms with Crippen LogP contribution < -0.4 is 0 Å². The highest BCUT2D eigenvalue weighted by Crippen LogP contribution is 2.18. The maximum Gasteiger partial charge on any atom is 0.306 e. The van der Waals surface area contributed by atoms with E-state index >= 15 is 0 Å². The predicted molar refractivity (Wildman–Crippen MR) is 65.7 cm³/mol. The molecule has 1 aromatic carbocycles. The monoisotopic (exact) mass is 220 g/mol. The van der Waals surface area contributed by atoms with Crippen molar-refractivity contribution in [1.82, 2.24) is 0 Å². The second-order valence-corrected chi connectivity index (χ2v) is 4.46. The topological polar surface area (TPSA) is 37.3 Å². The van der Waals surface area contributed by atoms with E-state index in [0.29, 0.717) is 6.42 Å². The Hall–Kier alpha value is -1.31. The van der Waals surface area contributed by atoms with Gasteiger partial charge in [0.2, 0.25) is 0 Å². The zero-order chi connectivity index (χ0) is 12.1. The molecular weight excluding hydrogens is 200 g/mol. The number of carboxylic acid groups (broad SMARTS) is 1. The molecule has 2 nitrogen and oxygen atoms in total. The Kier molecular flexibility index (Phi) is 4.53. The summed E-state index contributed by atoms with van der Waals surface area (Å²) in [6.07, 6.45) is 2.32. The first kappa shape index (κ1) is 12.8. The molecule has 0 aromatic heterocycles. The highest BCUT2D eigenvalue weighted by Gasteiger charge is 2.17. The van der Waals surface area contributed by atoms with Crippen LogP contribution in [0.1, 0.15) is 36.5 Å². The number of aliphatic carboxylic acids is 1. The third-order valence-electron chi connectivity index (χ3n) is 2.96. The Morgan fingerprint density at radius 1 is 1.38 bits per heavy atom. The molecule has 1 aromatic rings. The highest BCUT2D eigenvalue weighted by atomic mass is 16.4. The Morgan fingerprint density at radius 2 is 2.06 bits per heavy atom. The van der Waals surface area contributed by atoms with Gasteiger partial charge in [0, 0.05) is 0 Å².